The molecule has 10 nitrogen and oxygen atoms in total. The summed E-state index contributed by atoms with van der Waals surface area (Å²) in [5.74, 6) is -1.15. The number of aromatic nitrogens is 4. The number of nitrogens with zero attached hydrogens (tertiary/aromatic N) is 6. The fraction of sp³-hybridized carbons (Fsp3) is 0.345. The van der Waals surface area contributed by atoms with Gasteiger partial charge in [0.2, 0.25) is 0 Å². The monoisotopic (exact) mass is 540 g/mol. The lowest BCUT2D eigenvalue weighted by molar-refractivity contribution is -0.119. The number of rotatable bonds is 2. The highest BCUT2D eigenvalue weighted by Gasteiger charge is 2.39. The number of amides is 2. The van der Waals surface area contributed by atoms with Gasteiger partial charge in [0.05, 0.1) is 53.7 Å². The van der Waals surface area contributed by atoms with Gasteiger partial charge in [-0.1, -0.05) is 6.07 Å². The van der Waals surface area contributed by atoms with Crippen LogP contribution in [-0.4, -0.2) is 78.4 Å². The number of Topliss-reactive ketones (excluding diaryl/α,β-unsaturated/α-hetero) is 2. The van der Waals surface area contributed by atoms with Gasteiger partial charge < -0.3 is 14.5 Å². The number of allylic oxidation sites excluding steroid dienone is 2. The van der Waals surface area contributed by atoms with E-state index >= 15 is 4.39 Å². The number of urea groups is 1. The van der Waals surface area contributed by atoms with Gasteiger partial charge in [-0.25, -0.2) is 14.2 Å². The molecule has 8 rings (SSSR count). The molecule has 2 fully saturated rings. The summed E-state index contributed by atoms with van der Waals surface area (Å²) in [7, 11) is 0. The predicted octanol–water partition coefficient (Wildman–Crippen LogP) is 3.07. The number of hydrogen-bond donors (Lipinski definition) is 0. The summed E-state index contributed by atoms with van der Waals surface area (Å²) in [6.07, 6.45) is 5.18. The van der Waals surface area contributed by atoms with E-state index in [4.69, 9.17) is 9.84 Å². The SMILES string of the molecule is O=C1CC(=O)C(c2cnc3ccccn23)=C1c1nn2c3c(cc(F)cc13)CN(C(=O)N1CC3CCC(C1)O3)CC2. The number of carbonyl (C=O) groups excluding carboxylic acids is 3. The molecule has 3 aliphatic heterocycles. The Morgan fingerprint density at radius 3 is 2.62 bits per heavy atom. The second kappa shape index (κ2) is 8.56. The highest BCUT2D eigenvalue weighted by Crippen LogP contribution is 2.39. The number of halogens is 1. The number of pyridine rings is 1. The molecule has 202 valence electrons. The quantitative estimate of drug-likeness (QED) is 0.362. The largest absolute Gasteiger partial charge is 0.371 e. The summed E-state index contributed by atoms with van der Waals surface area (Å²) in [4.78, 5) is 47.9. The Balaban J connectivity index is 1.23. The summed E-state index contributed by atoms with van der Waals surface area (Å²) < 4.78 is 24.5. The molecule has 2 unspecified atom stereocenters. The standard InChI is InChI=1S/C29H25FN6O4/c30-17-9-16-13-33(29(39)34-14-18-4-5-19(15-34)40-18)7-8-36-28(16)20(10-17)27(32-36)26-23(38)11-22(37)25(26)21-12-31-24-3-1-2-6-35(21)24/h1-3,6,9-10,12,18-19H,4-5,7-8,11,13-15H2. The highest BCUT2D eigenvalue weighted by molar-refractivity contribution is 6.51. The molecule has 2 atom stereocenters. The van der Waals surface area contributed by atoms with Crippen molar-refractivity contribution in [1.82, 2.24) is 29.0 Å². The zero-order valence-electron chi connectivity index (χ0n) is 21.5. The lowest BCUT2D eigenvalue weighted by Crippen LogP contribution is -2.51. The van der Waals surface area contributed by atoms with Gasteiger partial charge in [0.1, 0.15) is 17.2 Å². The molecule has 1 aromatic carbocycles. The third kappa shape index (κ3) is 3.46. The average molecular weight is 541 g/mol. The van der Waals surface area contributed by atoms with Gasteiger partial charge in [-0.3, -0.25) is 18.7 Å². The minimum absolute atomic E-state index is 0.0793. The molecule has 4 aromatic rings. The van der Waals surface area contributed by atoms with Crippen molar-refractivity contribution < 1.29 is 23.5 Å². The van der Waals surface area contributed by atoms with E-state index in [1.807, 2.05) is 23.1 Å². The Kier molecular flexibility index (Phi) is 5.03. The molecule has 0 radical (unpaired) electrons. The maximum Gasteiger partial charge on any atom is 0.320 e. The molecule has 40 heavy (non-hydrogen) atoms. The zero-order valence-corrected chi connectivity index (χ0v) is 21.5. The molecule has 2 bridgehead atoms. The van der Waals surface area contributed by atoms with Crippen LogP contribution < -0.4 is 0 Å². The minimum Gasteiger partial charge on any atom is -0.371 e. The van der Waals surface area contributed by atoms with Crippen LogP contribution in [0.4, 0.5) is 9.18 Å². The van der Waals surface area contributed by atoms with Crippen LogP contribution in [0.2, 0.25) is 0 Å². The summed E-state index contributed by atoms with van der Waals surface area (Å²) in [5, 5.41) is 5.24. The average Bonchev–Trinajstić information content (AvgIpc) is 3.65. The lowest BCUT2D eigenvalue weighted by Gasteiger charge is -2.35. The van der Waals surface area contributed by atoms with E-state index in [0.717, 1.165) is 12.8 Å². The van der Waals surface area contributed by atoms with Crippen LogP contribution in [0.1, 0.15) is 36.2 Å². The number of benzene rings is 1. The van der Waals surface area contributed by atoms with Crippen molar-refractivity contribution in [2.75, 3.05) is 19.6 Å². The van der Waals surface area contributed by atoms with E-state index in [1.165, 1.54) is 12.1 Å². The smallest absolute Gasteiger partial charge is 0.320 e. The third-order valence-corrected chi connectivity index (χ3v) is 8.45. The van der Waals surface area contributed by atoms with Crippen molar-refractivity contribution in [2.24, 2.45) is 0 Å². The molecule has 0 spiro atoms. The molecule has 2 saturated heterocycles. The third-order valence-electron chi connectivity index (χ3n) is 8.45. The first-order valence-corrected chi connectivity index (χ1v) is 13.6. The van der Waals surface area contributed by atoms with Gasteiger partial charge >= 0.3 is 6.03 Å². The Labute approximate surface area is 227 Å². The summed E-state index contributed by atoms with van der Waals surface area (Å²) in [6.45, 7) is 2.10. The fourth-order valence-electron chi connectivity index (χ4n) is 6.71. The van der Waals surface area contributed by atoms with Crippen LogP contribution in [0, 0.1) is 5.82 Å². The van der Waals surface area contributed by atoms with Crippen molar-refractivity contribution in [3.05, 3.63) is 65.5 Å². The van der Waals surface area contributed by atoms with Crippen molar-refractivity contribution in [3.8, 4) is 0 Å². The van der Waals surface area contributed by atoms with Crippen LogP contribution in [0.3, 0.4) is 0 Å². The number of hydrogen-bond acceptors (Lipinski definition) is 6. The van der Waals surface area contributed by atoms with Crippen LogP contribution in [0.25, 0.3) is 27.7 Å². The molecule has 6 heterocycles. The zero-order chi connectivity index (χ0) is 27.1. The first kappa shape index (κ1) is 23.5. The van der Waals surface area contributed by atoms with E-state index in [0.29, 0.717) is 54.0 Å². The van der Waals surface area contributed by atoms with Crippen molar-refractivity contribution in [3.63, 3.8) is 0 Å². The van der Waals surface area contributed by atoms with Gasteiger partial charge in [-0.05, 0) is 37.1 Å². The predicted molar refractivity (Wildman–Crippen MR) is 142 cm³/mol. The molecule has 4 aliphatic rings. The fourth-order valence-corrected chi connectivity index (χ4v) is 6.71. The summed E-state index contributed by atoms with van der Waals surface area (Å²) in [5.41, 5.74) is 3.16. The highest BCUT2D eigenvalue weighted by atomic mass is 19.1. The number of carbonyl (C=O) groups is 3. The van der Waals surface area contributed by atoms with Crippen molar-refractivity contribution >= 4 is 45.3 Å². The first-order valence-electron chi connectivity index (χ1n) is 13.6. The molecule has 0 saturated carbocycles. The molecular weight excluding hydrogens is 515 g/mol. The summed E-state index contributed by atoms with van der Waals surface area (Å²) in [6, 6.07) is 8.20. The van der Waals surface area contributed by atoms with Gasteiger partial charge in [0, 0.05) is 43.3 Å². The molecule has 2 amide bonds. The topological polar surface area (TPSA) is 102 Å². The number of likely N-dealkylation sites (tertiary alicyclic amines) is 1. The first-order chi connectivity index (χ1) is 19.4. The number of ketones is 2. The van der Waals surface area contributed by atoms with Gasteiger partial charge in [0.15, 0.2) is 11.6 Å². The van der Waals surface area contributed by atoms with E-state index in [-0.39, 0.29) is 59.6 Å². The van der Waals surface area contributed by atoms with E-state index in [9.17, 15) is 14.4 Å². The van der Waals surface area contributed by atoms with Crippen molar-refractivity contribution in [2.45, 2.75) is 44.6 Å². The lowest BCUT2D eigenvalue weighted by atomic mass is 10.00. The molecule has 1 aliphatic carbocycles. The van der Waals surface area contributed by atoms with E-state index in [2.05, 4.69) is 4.98 Å². The van der Waals surface area contributed by atoms with Crippen molar-refractivity contribution in [1.29, 1.82) is 0 Å². The summed E-state index contributed by atoms with van der Waals surface area (Å²) >= 11 is 0. The maximum absolute atomic E-state index is 15.1. The van der Waals surface area contributed by atoms with E-state index < -0.39 is 5.82 Å². The van der Waals surface area contributed by atoms with Gasteiger partial charge in [0.25, 0.3) is 0 Å². The number of ether oxygens (including phenoxy) is 1. The van der Waals surface area contributed by atoms with Crippen LogP contribution in [0.5, 0.6) is 0 Å². The Bertz CT molecular complexity index is 1790. The second-order valence-corrected chi connectivity index (χ2v) is 10.9. The molecule has 11 heteroatoms. The van der Waals surface area contributed by atoms with E-state index in [1.54, 1.807) is 26.4 Å². The van der Waals surface area contributed by atoms with Gasteiger partial charge in [-0.2, -0.15) is 5.10 Å². The maximum atomic E-state index is 15.1. The normalized spacial score (nSPS) is 22.7. The number of imidazole rings is 1. The Morgan fingerprint density at radius 1 is 1.00 bits per heavy atom. The number of morpholine rings is 1. The van der Waals surface area contributed by atoms with Gasteiger partial charge in [-0.15, -0.1) is 0 Å². The molecule has 3 aromatic heterocycles. The van der Waals surface area contributed by atoms with Crippen LogP contribution in [-0.2, 0) is 27.4 Å². The second-order valence-electron chi connectivity index (χ2n) is 10.9. The minimum atomic E-state index is -0.490. The Morgan fingerprint density at radius 2 is 1.80 bits per heavy atom. The van der Waals surface area contributed by atoms with Crippen LogP contribution >= 0.6 is 0 Å². The van der Waals surface area contributed by atoms with Crippen LogP contribution in [0.15, 0.2) is 42.7 Å². The number of fused-ring (bicyclic) bond motifs is 3. The molecular formula is C29H25FN6O4. The Hall–Kier alpha value is -4.38. The molecule has 0 N–H and O–H groups in total.